The maximum absolute atomic E-state index is 11.2. The fourth-order valence-corrected chi connectivity index (χ4v) is 2.60. The molecule has 1 unspecified atom stereocenters. The molecule has 0 aliphatic carbocycles. The van der Waals surface area contributed by atoms with E-state index in [-0.39, 0.29) is 11.0 Å². The lowest BCUT2D eigenvalue weighted by Gasteiger charge is -2.09. The molecule has 96 valence electrons. The smallest absolute Gasteiger partial charge is 0.373 e. The highest BCUT2D eigenvalue weighted by Gasteiger charge is 2.15. The molecule has 0 bridgehead atoms. The second kappa shape index (κ2) is 6.74. The van der Waals surface area contributed by atoms with Crippen molar-refractivity contribution >= 4 is 17.7 Å². The van der Waals surface area contributed by atoms with E-state index in [1.54, 1.807) is 6.07 Å². The summed E-state index contributed by atoms with van der Waals surface area (Å²) in [4.78, 5) is 11.2. The molecular weight excluding hydrogens is 236 g/mol. The van der Waals surface area contributed by atoms with Crippen LogP contribution in [0.5, 0.6) is 0 Å². The van der Waals surface area contributed by atoms with Gasteiger partial charge >= 0.3 is 5.97 Å². The number of thioether (sulfide) groups is 1. The first kappa shape index (κ1) is 14.2. The third-order valence-corrected chi connectivity index (χ3v) is 3.68. The zero-order valence-corrected chi connectivity index (χ0v) is 11.7. The van der Waals surface area contributed by atoms with Gasteiger partial charge < -0.3 is 9.15 Å². The van der Waals surface area contributed by atoms with Gasteiger partial charge in [-0.3, -0.25) is 0 Å². The standard InChI is InChI=1S/C13H20O3S/c1-9(2)7-8-17-10(3)11-5-6-12(16-11)13(14)15-4/h5-6,9-10H,7-8H2,1-4H3. The van der Waals surface area contributed by atoms with Gasteiger partial charge in [-0.1, -0.05) is 13.8 Å². The Kier molecular flexibility index (Phi) is 5.62. The van der Waals surface area contributed by atoms with Crippen LogP contribution in [0.1, 0.15) is 48.8 Å². The minimum atomic E-state index is -0.421. The zero-order chi connectivity index (χ0) is 12.8. The van der Waals surface area contributed by atoms with Crippen molar-refractivity contribution in [2.24, 2.45) is 5.92 Å². The number of rotatable bonds is 6. The van der Waals surface area contributed by atoms with Crippen LogP contribution >= 0.6 is 11.8 Å². The lowest BCUT2D eigenvalue weighted by atomic mass is 10.2. The van der Waals surface area contributed by atoms with E-state index in [0.717, 1.165) is 17.4 Å². The van der Waals surface area contributed by atoms with Gasteiger partial charge in [-0.2, -0.15) is 11.8 Å². The van der Waals surface area contributed by atoms with Gasteiger partial charge in [-0.05, 0) is 37.1 Å². The monoisotopic (exact) mass is 256 g/mol. The van der Waals surface area contributed by atoms with E-state index in [1.807, 2.05) is 17.8 Å². The molecule has 1 atom stereocenters. The molecule has 0 saturated carbocycles. The Labute approximate surface area is 107 Å². The summed E-state index contributed by atoms with van der Waals surface area (Å²) in [6, 6.07) is 3.51. The summed E-state index contributed by atoms with van der Waals surface area (Å²) in [6.07, 6.45) is 1.19. The molecule has 0 amide bonds. The number of hydrogen-bond acceptors (Lipinski definition) is 4. The third-order valence-electron chi connectivity index (χ3n) is 2.48. The van der Waals surface area contributed by atoms with Gasteiger partial charge in [0.25, 0.3) is 0 Å². The van der Waals surface area contributed by atoms with E-state index in [9.17, 15) is 4.79 Å². The molecule has 1 aromatic rings. The Hall–Kier alpha value is -0.900. The number of esters is 1. The first-order valence-electron chi connectivity index (χ1n) is 5.84. The Morgan fingerprint density at radius 2 is 2.12 bits per heavy atom. The fourth-order valence-electron chi connectivity index (χ4n) is 1.34. The summed E-state index contributed by atoms with van der Waals surface area (Å²) in [5.41, 5.74) is 0. The molecule has 0 fully saturated rings. The molecule has 3 nitrogen and oxygen atoms in total. The predicted octanol–water partition coefficient (Wildman–Crippen LogP) is 3.91. The summed E-state index contributed by atoms with van der Waals surface area (Å²) >= 11 is 1.84. The largest absolute Gasteiger partial charge is 0.463 e. The summed E-state index contributed by atoms with van der Waals surface area (Å²) in [6.45, 7) is 6.52. The van der Waals surface area contributed by atoms with Gasteiger partial charge in [0.2, 0.25) is 5.76 Å². The number of furan rings is 1. The van der Waals surface area contributed by atoms with E-state index >= 15 is 0 Å². The van der Waals surface area contributed by atoms with Crippen molar-refractivity contribution in [1.29, 1.82) is 0 Å². The fraction of sp³-hybridized carbons (Fsp3) is 0.615. The van der Waals surface area contributed by atoms with Gasteiger partial charge in [-0.15, -0.1) is 0 Å². The van der Waals surface area contributed by atoms with E-state index < -0.39 is 5.97 Å². The molecule has 0 aliphatic rings. The highest BCUT2D eigenvalue weighted by molar-refractivity contribution is 7.99. The van der Waals surface area contributed by atoms with Crippen molar-refractivity contribution in [3.05, 3.63) is 23.7 Å². The van der Waals surface area contributed by atoms with Crippen molar-refractivity contribution in [2.75, 3.05) is 12.9 Å². The lowest BCUT2D eigenvalue weighted by Crippen LogP contribution is -1.98. The van der Waals surface area contributed by atoms with Crippen LogP contribution < -0.4 is 0 Å². The quantitative estimate of drug-likeness (QED) is 0.723. The maximum Gasteiger partial charge on any atom is 0.373 e. The first-order valence-corrected chi connectivity index (χ1v) is 6.89. The van der Waals surface area contributed by atoms with Gasteiger partial charge in [0.15, 0.2) is 0 Å². The van der Waals surface area contributed by atoms with Crippen LogP contribution in [0.2, 0.25) is 0 Å². The van der Waals surface area contributed by atoms with Crippen molar-refractivity contribution in [2.45, 2.75) is 32.4 Å². The Bertz CT molecular complexity index is 357. The van der Waals surface area contributed by atoms with Gasteiger partial charge in [0, 0.05) is 0 Å². The Morgan fingerprint density at radius 3 is 2.71 bits per heavy atom. The average molecular weight is 256 g/mol. The minimum Gasteiger partial charge on any atom is -0.463 e. The molecule has 0 N–H and O–H groups in total. The average Bonchev–Trinajstić information content (AvgIpc) is 2.76. The Balaban J connectivity index is 2.49. The topological polar surface area (TPSA) is 39.4 Å². The lowest BCUT2D eigenvalue weighted by molar-refractivity contribution is 0.0563. The van der Waals surface area contributed by atoms with E-state index in [1.165, 1.54) is 13.5 Å². The van der Waals surface area contributed by atoms with Gasteiger partial charge in [-0.25, -0.2) is 4.79 Å². The molecule has 0 aliphatic heterocycles. The van der Waals surface area contributed by atoms with Crippen molar-refractivity contribution in [3.63, 3.8) is 0 Å². The predicted molar refractivity (Wildman–Crippen MR) is 70.4 cm³/mol. The molecule has 0 saturated heterocycles. The van der Waals surface area contributed by atoms with Crippen LogP contribution in [0.4, 0.5) is 0 Å². The summed E-state index contributed by atoms with van der Waals surface area (Å²) < 4.78 is 10.1. The number of hydrogen-bond donors (Lipinski definition) is 0. The SMILES string of the molecule is COC(=O)c1ccc(C(C)SCCC(C)C)o1. The summed E-state index contributed by atoms with van der Waals surface area (Å²) in [5.74, 6) is 2.51. The number of ether oxygens (including phenoxy) is 1. The highest BCUT2D eigenvalue weighted by Crippen LogP contribution is 2.30. The maximum atomic E-state index is 11.2. The summed E-state index contributed by atoms with van der Waals surface area (Å²) in [7, 11) is 1.35. The molecule has 0 radical (unpaired) electrons. The molecule has 0 spiro atoms. The normalized spacial score (nSPS) is 12.8. The van der Waals surface area contributed by atoms with Crippen LogP contribution in [0, 0.1) is 5.92 Å². The molecule has 1 aromatic heterocycles. The summed E-state index contributed by atoms with van der Waals surface area (Å²) in [5, 5.41) is 0.271. The second-order valence-corrected chi connectivity index (χ2v) is 5.84. The first-order chi connectivity index (χ1) is 8.04. The molecule has 4 heteroatoms. The number of methoxy groups -OCH3 is 1. The van der Waals surface area contributed by atoms with Crippen LogP contribution in [0.3, 0.4) is 0 Å². The molecule has 0 aromatic carbocycles. The number of carbonyl (C=O) groups excluding carboxylic acids is 1. The van der Waals surface area contributed by atoms with Crippen molar-refractivity contribution in [1.82, 2.24) is 0 Å². The van der Waals surface area contributed by atoms with Crippen LogP contribution in [-0.4, -0.2) is 18.8 Å². The van der Waals surface area contributed by atoms with Gasteiger partial charge in [0.1, 0.15) is 5.76 Å². The molecule has 1 heterocycles. The van der Waals surface area contributed by atoms with E-state index in [4.69, 9.17) is 4.42 Å². The molecular formula is C13H20O3S. The van der Waals surface area contributed by atoms with Gasteiger partial charge in [0.05, 0.1) is 12.4 Å². The van der Waals surface area contributed by atoms with Crippen LogP contribution in [0.15, 0.2) is 16.5 Å². The van der Waals surface area contributed by atoms with Crippen LogP contribution in [0.25, 0.3) is 0 Å². The second-order valence-electron chi connectivity index (χ2n) is 4.39. The molecule has 17 heavy (non-hydrogen) atoms. The Morgan fingerprint density at radius 1 is 1.41 bits per heavy atom. The number of carbonyl (C=O) groups is 1. The minimum absolute atomic E-state index is 0.271. The van der Waals surface area contributed by atoms with Crippen molar-refractivity contribution in [3.8, 4) is 0 Å². The highest BCUT2D eigenvalue weighted by atomic mass is 32.2. The van der Waals surface area contributed by atoms with E-state index in [2.05, 4.69) is 25.5 Å². The van der Waals surface area contributed by atoms with Crippen molar-refractivity contribution < 1.29 is 13.9 Å². The van der Waals surface area contributed by atoms with Crippen LogP contribution in [-0.2, 0) is 4.74 Å². The zero-order valence-electron chi connectivity index (χ0n) is 10.9. The third kappa shape index (κ3) is 4.46. The van der Waals surface area contributed by atoms with E-state index in [0.29, 0.717) is 0 Å². The molecule has 1 rings (SSSR count).